The largest absolute Gasteiger partial charge is 0.370 e. The monoisotopic (exact) mass is 181 g/mol. The van der Waals surface area contributed by atoms with E-state index in [2.05, 4.69) is 9.97 Å². The van der Waals surface area contributed by atoms with E-state index in [4.69, 9.17) is 5.73 Å². The number of primary amides is 1. The standard InChI is InChI=1S/C8H11N3O2/c9-8(13)3-6(1-2-12)7-4-10-5-11-7/h2,4-6H,1,3H2,(H2,9,13)(H,10,11). The number of nitrogens with zero attached hydrogens (tertiary/aromatic N) is 1. The molecule has 0 radical (unpaired) electrons. The summed E-state index contributed by atoms with van der Waals surface area (Å²) >= 11 is 0. The van der Waals surface area contributed by atoms with Crippen molar-refractivity contribution in [3.63, 3.8) is 0 Å². The summed E-state index contributed by atoms with van der Waals surface area (Å²) in [5.74, 6) is -0.584. The summed E-state index contributed by atoms with van der Waals surface area (Å²) in [6.45, 7) is 0. The van der Waals surface area contributed by atoms with Gasteiger partial charge in [-0.2, -0.15) is 0 Å². The Morgan fingerprint density at radius 2 is 2.54 bits per heavy atom. The van der Waals surface area contributed by atoms with Crippen molar-refractivity contribution in [2.24, 2.45) is 5.73 Å². The molecule has 0 aliphatic rings. The Kier molecular flexibility index (Phi) is 3.19. The van der Waals surface area contributed by atoms with Gasteiger partial charge in [0.1, 0.15) is 6.29 Å². The zero-order valence-electron chi connectivity index (χ0n) is 7.06. The number of aldehydes is 1. The molecule has 5 heteroatoms. The molecular formula is C8H11N3O2. The van der Waals surface area contributed by atoms with Gasteiger partial charge in [0.15, 0.2) is 0 Å². The zero-order chi connectivity index (χ0) is 9.68. The van der Waals surface area contributed by atoms with E-state index in [-0.39, 0.29) is 18.8 Å². The lowest BCUT2D eigenvalue weighted by atomic mass is 9.99. The molecule has 0 saturated carbocycles. The second-order valence-corrected chi connectivity index (χ2v) is 2.78. The number of carbonyl (C=O) groups is 2. The second-order valence-electron chi connectivity index (χ2n) is 2.78. The number of aromatic nitrogens is 2. The van der Waals surface area contributed by atoms with Crippen molar-refractivity contribution in [3.05, 3.63) is 18.2 Å². The Balaban J connectivity index is 2.67. The van der Waals surface area contributed by atoms with Crippen LogP contribution in [0.15, 0.2) is 12.5 Å². The smallest absolute Gasteiger partial charge is 0.218 e. The Morgan fingerprint density at radius 1 is 1.77 bits per heavy atom. The van der Waals surface area contributed by atoms with Crippen LogP contribution in [-0.4, -0.2) is 22.2 Å². The average Bonchev–Trinajstić information content (AvgIpc) is 2.54. The molecule has 1 aromatic heterocycles. The highest BCUT2D eigenvalue weighted by molar-refractivity contribution is 5.75. The van der Waals surface area contributed by atoms with Crippen molar-refractivity contribution in [1.29, 1.82) is 0 Å². The molecule has 1 atom stereocenters. The number of aromatic amines is 1. The molecule has 0 fully saturated rings. The first-order chi connectivity index (χ1) is 6.24. The van der Waals surface area contributed by atoms with Gasteiger partial charge in [-0.25, -0.2) is 4.98 Å². The van der Waals surface area contributed by atoms with Gasteiger partial charge >= 0.3 is 0 Å². The molecule has 0 aromatic carbocycles. The molecule has 13 heavy (non-hydrogen) atoms. The highest BCUT2D eigenvalue weighted by Gasteiger charge is 2.14. The average molecular weight is 181 g/mol. The quantitative estimate of drug-likeness (QED) is 0.624. The summed E-state index contributed by atoms with van der Waals surface area (Å²) in [4.78, 5) is 27.6. The van der Waals surface area contributed by atoms with Crippen LogP contribution in [0, 0.1) is 0 Å². The van der Waals surface area contributed by atoms with Crippen LogP contribution in [-0.2, 0) is 9.59 Å². The van der Waals surface area contributed by atoms with E-state index < -0.39 is 5.91 Å². The van der Waals surface area contributed by atoms with Gasteiger partial charge in [-0.05, 0) is 0 Å². The normalized spacial score (nSPS) is 12.3. The van der Waals surface area contributed by atoms with Gasteiger partial charge in [0.25, 0.3) is 0 Å². The minimum Gasteiger partial charge on any atom is -0.370 e. The predicted octanol–water partition coefficient (Wildman–Crippen LogP) is -0.0423. The highest BCUT2D eigenvalue weighted by Crippen LogP contribution is 2.19. The van der Waals surface area contributed by atoms with Gasteiger partial charge in [0.05, 0.1) is 6.33 Å². The Morgan fingerprint density at radius 3 is 3.00 bits per heavy atom. The minimum atomic E-state index is -0.415. The third-order valence-electron chi connectivity index (χ3n) is 1.79. The molecule has 1 rings (SSSR count). The number of imidazole rings is 1. The van der Waals surface area contributed by atoms with E-state index in [1.54, 1.807) is 6.20 Å². The number of carbonyl (C=O) groups excluding carboxylic acids is 2. The number of H-pyrrole nitrogens is 1. The lowest BCUT2D eigenvalue weighted by Crippen LogP contribution is -2.15. The fourth-order valence-corrected chi connectivity index (χ4v) is 1.17. The van der Waals surface area contributed by atoms with Gasteiger partial charge < -0.3 is 15.5 Å². The van der Waals surface area contributed by atoms with Crippen LogP contribution in [0.1, 0.15) is 24.5 Å². The van der Waals surface area contributed by atoms with Crippen molar-refractivity contribution in [2.75, 3.05) is 0 Å². The summed E-state index contributed by atoms with van der Waals surface area (Å²) in [7, 11) is 0. The number of hydrogen-bond donors (Lipinski definition) is 2. The maximum absolute atomic E-state index is 10.7. The topological polar surface area (TPSA) is 88.8 Å². The first-order valence-electron chi connectivity index (χ1n) is 3.94. The molecule has 1 unspecified atom stereocenters. The Hall–Kier alpha value is -1.65. The molecule has 0 saturated heterocycles. The molecule has 0 aliphatic heterocycles. The molecule has 5 nitrogen and oxygen atoms in total. The molecule has 70 valence electrons. The highest BCUT2D eigenvalue weighted by atomic mass is 16.1. The maximum atomic E-state index is 10.7. The van der Waals surface area contributed by atoms with E-state index >= 15 is 0 Å². The van der Waals surface area contributed by atoms with Gasteiger partial charge in [-0.3, -0.25) is 4.79 Å². The summed E-state index contributed by atoms with van der Waals surface area (Å²) in [6, 6.07) is 0. The molecule has 0 aliphatic carbocycles. The van der Waals surface area contributed by atoms with Gasteiger partial charge in [0.2, 0.25) is 5.91 Å². The fourth-order valence-electron chi connectivity index (χ4n) is 1.17. The molecule has 1 heterocycles. The first kappa shape index (κ1) is 9.44. The summed E-state index contributed by atoms with van der Waals surface area (Å²) < 4.78 is 0. The number of nitrogens with one attached hydrogen (secondary N) is 1. The van der Waals surface area contributed by atoms with Crippen molar-refractivity contribution in [2.45, 2.75) is 18.8 Å². The van der Waals surface area contributed by atoms with Gasteiger partial charge in [-0.15, -0.1) is 0 Å². The lowest BCUT2D eigenvalue weighted by Gasteiger charge is -2.08. The molecule has 0 bridgehead atoms. The van der Waals surface area contributed by atoms with Crippen LogP contribution in [0.3, 0.4) is 0 Å². The third-order valence-corrected chi connectivity index (χ3v) is 1.79. The van der Waals surface area contributed by atoms with E-state index in [0.717, 1.165) is 12.0 Å². The second kappa shape index (κ2) is 4.39. The Bertz CT molecular complexity index is 282. The van der Waals surface area contributed by atoms with E-state index in [1.807, 2.05) is 0 Å². The van der Waals surface area contributed by atoms with Gasteiger partial charge in [0, 0.05) is 30.7 Å². The first-order valence-corrected chi connectivity index (χ1v) is 3.94. The molecule has 3 N–H and O–H groups in total. The van der Waals surface area contributed by atoms with Crippen molar-refractivity contribution in [3.8, 4) is 0 Å². The maximum Gasteiger partial charge on any atom is 0.218 e. The number of amides is 1. The van der Waals surface area contributed by atoms with Crippen LogP contribution in [0.2, 0.25) is 0 Å². The van der Waals surface area contributed by atoms with E-state index in [9.17, 15) is 9.59 Å². The molecule has 0 spiro atoms. The third kappa shape index (κ3) is 2.70. The van der Waals surface area contributed by atoms with E-state index in [1.165, 1.54) is 6.33 Å². The van der Waals surface area contributed by atoms with Crippen molar-refractivity contribution < 1.29 is 9.59 Å². The number of rotatable bonds is 5. The van der Waals surface area contributed by atoms with Crippen molar-refractivity contribution in [1.82, 2.24) is 9.97 Å². The van der Waals surface area contributed by atoms with Crippen LogP contribution in [0.4, 0.5) is 0 Å². The molecular weight excluding hydrogens is 170 g/mol. The van der Waals surface area contributed by atoms with Gasteiger partial charge in [-0.1, -0.05) is 0 Å². The minimum absolute atomic E-state index is 0.168. The van der Waals surface area contributed by atoms with Crippen molar-refractivity contribution >= 4 is 12.2 Å². The van der Waals surface area contributed by atoms with Crippen LogP contribution in [0.5, 0.6) is 0 Å². The van der Waals surface area contributed by atoms with E-state index in [0.29, 0.717) is 0 Å². The molecule has 1 aromatic rings. The molecule has 1 amide bonds. The SMILES string of the molecule is NC(=O)CC(CC=O)c1cnc[nH]1. The lowest BCUT2D eigenvalue weighted by molar-refractivity contribution is -0.118. The fraction of sp³-hybridized carbons (Fsp3) is 0.375. The van der Waals surface area contributed by atoms with Crippen LogP contribution in [0.25, 0.3) is 0 Å². The zero-order valence-corrected chi connectivity index (χ0v) is 7.06. The number of nitrogens with two attached hydrogens (primary N) is 1. The summed E-state index contributed by atoms with van der Waals surface area (Å²) in [5, 5.41) is 0. The van der Waals surface area contributed by atoms with Crippen LogP contribution < -0.4 is 5.73 Å². The Labute approximate surface area is 75.3 Å². The summed E-state index contributed by atoms with van der Waals surface area (Å²) in [6.07, 6.45) is 4.33. The predicted molar refractivity (Wildman–Crippen MR) is 45.8 cm³/mol. The van der Waals surface area contributed by atoms with Crippen LogP contribution >= 0.6 is 0 Å². The number of hydrogen-bond acceptors (Lipinski definition) is 3. The summed E-state index contributed by atoms with van der Waals surface area (Å²) in [5.41, 5.74) is 5.81.